The first kappa shape index (κ1) is 17.4. The molecule has 0 saturated heterocycles. The summed E-state index contributed by atoms with van der Waals surface area (Å²) in [7, 11) is 0. The van der Waals surface area contributed by atoms with Crippen LogP contribution in [0.2, 0.25) is 0 Å². The molecule has 7 nitrogen and oxygen atoms in total. The molecule has 0 heterocycles. The average Bonchev–Trinajstić information content (AvgIpc) is 2.54. The van der Waals surface area contributed by atoms with Gasteiger partial charge < -0.3 is 10.6 Å². The van der Waals surface area contributed by atoms with E-state index in [2.05, 4.69) is 21.5 Å². The number of nitro benzene ring substituents is 1. The fourth-order valence-corrected chi connectivity index (χ4v) is 2.80. The lowest BCUT2D eigenvalue weighted by molar-refractivity contribution is -0.384. The molecule has 1 aliphatic carbocycles. The van der Waals surface area contributed by atoms with Gasteiger partial charge in [0.2, 0.25) is 0 Å². The monoisotopic (exact) mass is 353 g/mol. The predicted octanol–water partition coefficient (Wildman–Crippen LogP) is 2.59. The fourth-order valence-electron chi connectivity index (χ4n) is 2.41. The quantitative estimate of drug-likeness (QED) is 0.374. The van der Waals surface area contributed by atoms with Crippen molar-refractivity contribution in [3.05, 3.63) is 34.4 Å². The van der Waals surface area contributed by atoms with Gasteiger partial charge >= 0.3 is 0 Å². The van der Waals surface area contributed by atoms with Crippen LogP contribution in [0.3, 0.4) is 0 Å². The van der Waals surface area contributed by atoms with E-state index in [1.54, 1.807) is 12.1 Å². The van der Waals surface area contributed by atoms with Crippen LogP contribution < -0.4 is 21.5 Å². The Hall–Kier alpha value is -2.00. The largest absolute Gasteiger partial charge is 0.359 e. The summed E-state index contributed by atoms with van der Waals surface area (Å²) >= 11 is 10.4. The molecule has 9 heteroatoms. The molecule has 1 aromatic rings. The van der Waals surface area contributed by atoms with Crippen molar-refractivity contribution >= 4 is 46.0 Å². The highest BCUT2D eigenvalue weighted by molar-refractivity contribution is 7.80. The van der Waals surface area contributed by atoms with E-state index in [4.69, 9.17) is 24.4 Å². The lowest BCUT2D eigenvalue weighted by Gasteiger charge is -2.24. The highest BCUT2D eigenvalue weighted by Crippen LogP contribution is 2.17. The first-order valence-electron chi connectivity index (χ1n) is 7.42. The lowest BCUT2D eigenvalue weighted by Crippen LogP contribution is -2.51. The highest BCUT2D eigenvalue weighted by Gasteiger charge is 2.13. The molecule has 4 N–H and O–H groups in total. The zero-order valence-corrected chi connectivity index (χ0v) is 14.1. The summed E-state index contributed by atoms with van der Waals surface area (Å²) in [4.78, 5) is 10.1. The topological polar surface area (TPSA) is 91.3 Å². The van der Waals surface area contributed by atoms with E-state index in [0.29, 0.717) is 22.0 Å². The van der Waals surface area contributed by atoms with Gasteiger partial charge in [-0.2, -0.15) is 0 Å². The summed E-state index contributed by atoms with van der Waals surface area (Å²) in [6.07, 6.45) is 6.02. The Bertz CT molecular complexity index is 573. The molecular formula is C14H19N5O2S2. The van der Waals surface area contributed by atoms with E-state index < -0.39 is 4.92 Å². The molecule has 0 atom stereocenters. The normalized spacial score (nSPS) is 14.6. The van der Waals surface area contributed by atoms with Gasteiger partial charge in [-0.3, -0.25) is 21.0 Å². The van der Waals surface area contributed by atoms with Crippen molar-refractivity contribution in [2.75, 3.05) is 5.32 Å². The molecule has 124 valence electrons. The first-order valence-corrected chi connectivity index (χ1v) is 8.24. The lowest BCUT2D eigenvalue weighted by atomic mass is 9.96. The van der Waals surface area contributed by atoms with Crippen molar-refractivity contribution in [1.29, 1.82) is 0 Å². The molecule has 2 rings (SSSR count). The van der Waals surface area contributed by atoms with Crippen LogP contribution in [0.4, 0.5) is 11.4 Å². The Morgan fingerprint density at radius 3 is 2.26 bits per heavy atom. The summed E-state index contributed by atoms with van der Waals surface area (Å²) in [5.41, 5.74) is 6.32. The number of thiocarbonyl (C=S) groups is 2. The number of anilines is 1. The van der Waals surface area contributed by atoms with Gasteiger partial charge in [0.05, 0.1) is 4.92 Å². The minimum absolute atomic E-state index is 0.0328. The molecule has 0 unspecified atom stereocenters. The summed E-state index contributed by atoms with van der Waals surface area (Å²) in [6, 6.07) is 6.42. The molecule has 0 radical (unpaired) electrons. The van der Waals surface area contributed by atoms with Gasteiger partial charge in [-0.25, -0.2) is 0 Å². The number of nitro groups is 1. The molecule has 23 heavy (non-hydrogen) atoms. The van der Waals surface area contributed by atoms with E-state index in [-0.39, 0.29) is 5.69 Å². The maximum absolute atomic E-state index is 10.6. The molecule has 0 spiro atoms. The molecule has 0 amide bonds. The Kier molecular flexibility index (Phi) is 6.48. The predicted molar refractivity (Wildman–Crippen MR) is 98.2 cm³/mol. The van der Waals surface area contributed by atoms with Crippen molar-refractivity contribution in [2.45, 2.75) is 38.1 Å². The van der Waals surface area contributed by atoms with Crippen LogP contribution in [0.15, 0.2) is 24.3 Å². The minimum Gasteiger partial charge on any atom is -0.359 e. The number of hydrogen-bond donors (Lipinski definition) is 4. The third kappa shape index (κ3) is 5.95. The Labute approximate surface area is 145 Å². The van der Waals surface area contributed by atoms with Crippen LogP contribution in [0.1, 0.15) is 32.1 Å². The van der Waals surface area contributed by atoms with Gasteiger partial charge in [-0.1, -0.05) is 19.3 Å². The van der Waals surface area contributed by atoms with E-state index in [1.165, 1.54) is 31.4 Å². The number of hydrazine groups is 1. The van der Waals surface area contributed by atoms with Crippen molar-refractivity contribution in [3.63, 3.8) is 0 Å². The van der Waals surface area contributed by atoms with E-state index in [9.17, 15) is 10.1 Å². The van der Waals surface area contributed by atoms with Crippen LogP contribution >= 0.6 is 24.4 Å². The number of hydrogen-bond acceptors (Lipinski definition) is 4. The van der Waals surface area contributed by atoms with E-state index in [1.807, 2.05) is 0 Å². The van der Waals surface area contributed by atoms with E-state index >= 15 is 0 Å². The van der Waals surface area contributed by atoms with Gasteiger partial charge in [0, 0.05) is 23.9 Å². The van der Waals surface area contributed by atoms with Crippen molar-refractivity contribution < 1.29 is 4.92 Å². The summed E-state index contributed by atoms with van der Waals surface area (Å²) < 4.78 is 0. The maximum Gasteiger partial charge on any atom is 0.269 e. The van der Waals surface area contributed by atoms with Gasteiger partial charge in [0.25, 0.3) is 5.69 Å². The average molecular weight is 353 g/mol. The van der Waals surface area contributed by atoms with Crippen LogP contribution in [0.25, 0.3) is 0 Å². The van der Waals surface area contributed by atoms with Gasteiger partial charge in [0.15, 0.2) is 10.2 Å². The second-order valence-electron chi connectivity index (χ2n) is 5.32. The standard InChI is InChI=1S/C14H19N5O2S2/c20-19(21)12-8-6-11(7-9-12)16-14(23)18-17-13(22)15-10-4-2-1-3-5-10/h6-10H,1-5H2,(H2,15,17,22)(H2,16,18,23). The zero-order valence-electron chi connectivity index (χ0n) is 12.5. The third-order valence-electron chi connectivity index (χ3n) is 3.57. The molecule has 1 fully saturated rings. The SMILES string of the molecule is O=[N+]([O-])c1ccc(NC(=S)NNC(=S)NC2CCCCC2)cc1. The molecule has 1 aliphatic rings. The second kappa shape index (κ2) is 8.59. The van der Waals surface area contributed by atoms with Crippen LogP contribution in [-0.4, -0.2) is 21.2 Å². The minimum atomic E-state index is -0.447. The smallest absolute Gasteiger partial charge is 0.269 e. The van der Waals surface area contributed by atoms with Crippen LogP contribution in [0, 0.1) is 10.1 Å². The number of nitrogens with zero attached hydrogens (tertiary/aromatic N) is 1. The Balaban J connectivity index is 1.71. The fraction of sp³-hybridized carbons (Fsp3) is 0.429. The molecule has 0 bridgehead atoms. The van der Waals surface area contributed by atoms with Gasteiger partial charge in [-0.05, 0) is 49.4 Å². The van der Waals surface area contributed by atoms with Crippen molar-refractivity contribution in [2.24, 2.45) is 0 Å². The van der Waals surface area contributed by atoms with E-state index in [0.717, 1.165) is 12.8 Å². The zero-order chi connectivity index (χ0) is 16.7. The van der Waals surface area contributed by atoms with Crippen molar-refractivity contribution in [3.8, 4) is 0 Å². The van der Waals surface area contributed by atoms with Crippen molar-refractivity contribution in [1.82, 2.24) is 16.2 Å². The van der Waals surface area contributed by atoms with Crippen LogP contribution in [0.5, 0.6) is 0 Å². The van der Waals surface area contributed by atoms with Crippen LogP contribution in [-0.2, 0) is 0 Å². The molecule has 1 aromatic carbocycles. The summed E-state index contributed by atoms with van der Waals surface area (Å²) in [6.45, 7) is 0. The number of benzene rings is 1. The first-order chi connectivity index (χ1) is 11.0. The number of rotatable bonds is 3. The van der Waals surface area contributed by atoms with Gasteiger partial charge in [-0.15, -0.1) is 0 Å². The third-order valence-corrected chi connectivity index (χ3v) is 3.99. The second-order valence-corrected chi connectivity index (χ2v) is 6.13. The highest BCUT2D eigenvalue weighted by atomic mass is 32.1. The number of non-ortho nitro benzene ring substituents is 1. The molecular weight excluding hydrogens is 334 g/mol. The summed E-state index contributed by atoms with van der Waals surface area (Å²) in [5.74, 6) is 0. The molecule has 0 aromatic heterocycles. The molecule has 0 aliphatic heterocycles. The maximum atomic E-state index is 10.6. The summed E-state index contributed by atoms with van der Waals surface area (Å²) in [5, 5.41) is 17.6. The number of nitrogens with one attached hydrogen (secondary N) is 4. The Morgan fingerprint density at radius 2 is 1.65 bits per heavy atom. The Morgan fingerprint density at radius 1 is 1.04 bits per heavy atom. The molecule has 1 saturated carbocycles. The van der Waals surface area contributed by atoms with Gasteiger partial charge in [0.1, 0.15) is 0 Å².